The van der Waals surface area contributed by atoms with Gasteiger partial charge in [0.05, 0.1) is 0 Å². The number of hydrogen-bond acceptors (Lipinski definition) is 7. The van der Waals surface area contributed by atoms with Crippen LogP contribution in [0.4, 0.5) is 0 Å². The Balaban J connectivity index is 1.47. The zero-order chi connectivity index (χ0) is 20.1. The first-order valence-electron chi connectivity index (χ1n) is 9.17. The Morgan fingerprint density at radius 2 is 1.43 bits per heavy atom. The lowest BCUT2D eigenvalue weighted by Gasteiger charge is -2.36. The van der Waals surface area contributed by atoms with E-state index in [9.17, 15) is 9.59 Å². The molecule has 2 amide bonds. The molecule has 0 unspecified atom stereocenters. The van der Waals surface area contributed by atoms with Gasteiger partial charge in [-0.05, 0) is 39.8 Å². The second-order valence-corrected chi connectivity index (χ2v) is 7.90. The Morgan fingerprint density at radius 1 is 0.821 bits per heavy atom. The van der Waals surface area contributed by atoms with Gasteiger partial charge in [-0.3, -0.25) is 20.4 Å². The van der Waals surface area contributed by atoms with Gasteiger partial charge in [0, 0.05) is 5.56 Å². The van der Waals surface area contributed by atoms with Crippen LogP contribution in [0.15, 0.2) is 30.3 Å². The SMILES string of the molecule is CC1(C)O[C@H]2[C@@H](O1)[C@@H](C(=O)NNC(=O)c1ccccc1)O[C@H]1OC(C)(C)O[C@@H]12. The quantitative estimate of drug-likeness (QED) is 0.719. The van der Waals surface area contributed by atoms with Crippen LogP contribution in [0.25, 0.3) is 0 Å². The molecule has 9 nitrogen and oxygen atoms in total. The molecule has 0 radical (unpaired) electrons. The van der Waals surface area contributed by atoms with Gasteiger partial charge in [0.25, 0.3) is 11.8 Å². The molecule has 3 fully saturated rings. The van der Waals surface area contributed by atoms with Crippen molar-refractivity contribution in [3.05, 3.63) is 35.9 Å². The van der Waals surface area contributed by atoms with E-state index >= 15 is 0 Å². The van der Waals surface area contributed by atoms with Crippen molar-refractivity contribution in [3.63, 3.8) is 0 Å². The fourth-order valence-electron chi connectivity index (χ4n) is 3.67. The molecule has 0 spiro atoms. The van der Waals surface area contributed by atoms with E-state index in [1.807, 2.05) is 0 Å². The average molecular weight is 392 g/mol. The van der Waals surface area contributed by atoms with E-state index in [1.165, 1.54) is 0 Å². The van der Waals surface area contributed by atoms with Gasteiger partial charge in [0.2, 0.25) is 0 Å². The van der Waals surface area contributed by atoms with Gasteiger partial charge in [-0.25, -0.2) is 0 Å². The number of carbonyl (C=O) groups excluding carboxylic acids is 2. The molecule has 0 aromatic heterocycles. The van der Waals surface area contributed by atoms with Crippen molar-refractivity contribution in [2.24, 2.45) is 0 Å². The summed E-state index contributed by atoms with van der Waals surface area (Å²) in [7, 11) is 0. The molecule has 0 saturated carbocycles. The molecule has 3 saturated heterocycles. The number of hydrogen-bond donors (Lipinski definition) is 2. The number of amides is 2. The summed E-state index contributed by atoms with van der Waals surface area (Å²) in [6, 6.07) is 8.54. The van der Waals surface area contributed by atoms with Crippen molar-refractivity contribution < 1.29 is 33.3 Å². The van der Waals surface area contributed by atoms with E-state index in [0.717, 1.165) is 0 Å². The van der Waals surface area contributed by atoms with Crippen LogP contribution in [0.1, 0.15) is 38.1 Å². The first kappa shape index (κ1) is 19.3. The van der Waals surface area contributed by atoms with Gasteiger partial charge in [-0.1, -0.05) is 18.2 Å². The lowest BCUT2D eigenvalue weighted by Crippen LogP contribution is -2.61. The Morgan fingerprint density at radius 3 is 2.14 bits per heavy atom. The third-order valence-electron chi connectivity index (χ3n) is 4.75. The molecule has 2 N–H and O–H groups in total. The Bertz CT molecular complexity index is 767. The van der Waals surface area contributed by atoms with Crippen LogP contribution in [0, 0.1) is 0 Å². The molecule has 1 aromatic rings. The molecule has 0 aliphatic carbocycles. The molecular weight excluding hydrogens is 368 g/mol. The normalized spacial score (nSPS) is 34.9. The summed E-state index contributed by atoms with van der Waals surface area (Å²) in [5.41, 5.74) is 5.20. The van der Waals surface area contributed by atoms with Gasteiger partial charge < -0.3 is 23.7 Å². The zero-order valence-corrected chi connectivity index (χ0v) is 16.1. The van der Waals surface area contributed by atoms with E-state index in [-0.39, 0.29) is 0 Å². The highest BCUT2D eigenvalue weighted by molar-refractivity contribution is 5.95. The number of rotatable bonds is 2. The summed E-state index contributed by atoms with van der Waals surface area (Å²) in [6.45, 7) is 7.04. The van der Waals surface area contributed by atoms with Gasteiger partial charge in [0.15, 0.2) is 24.0 Å². The topological polar surface area (TPSA) is 104 Å². The molecule has 9 heteroatoms. The van der Waals surface area contributed by atoms with E-state index in [0.29, 0.717) is 5.56 Å². The van der Waals surface area contributed by atoms with E-state index in [2.05, 4.69) is 10.9 Å². The smallest absolute Gasteiger partial charge is 0.270 e. The number of hydrazine groups is 1. The lowest BCUT2D eigenvalue weighted by molar-refractivity contribution is -0.231. The van der Waals surface area contributed by atoms with Crippen molar-refractivity contribution in [1.82, 2.24) is 10.9 Å². The van der Waals surface area contributed by atoms with Crippen LogP contribution >= 0.6 is 0 Å². The maximum absolute atomic E-state index is 12.8. The highest BCUT2D eigenvalue weighted by Crippen LogP contribution is 2.44. The van der Waals surface area contributed by atoms with E-state index < -0.39 is 54.1 Å². The first-order chi connectivity index (χ1) is 13.2. The molecule has 0 bridgehead atoms. The van der Waals surface area contributed by atoms with Crippen LogP contribution in [0.3, 0.4) is 0 Å². The molecule has 152 valence electrons. The zero-order valence-electron chi connectivity index (χ0n) is 16.1. The summed E-state index contributed by atoms with van der Waals surface area (Å²) < 4.78 is 29.3. The van der Waals surface area contributed by atoms with E-state index in [4.69, 9.17) is 23.7 Å². The Labute approximate surface area is 162 Å². The monoisotopic (exact) mass is 392 g/mol. The van der Waals surface area contributed by atoms with Crippen molar-refractivity contribution in [3.8, 4) is 0 Å². The molecule has 3 aliphatic heterocycles. The summed E-state index contributed by atoms with van der Waals surface area (Å²) >= 11 is 0. The second-order valence-electron chi connectivity index (χ2n) is 7.90. The second kappa shape index (κ2) is 6.78. The molecule has 1 aromatic carbocycles. The highest BCUT2D eigenvalue weighted by Gasteiger charge is 2.62. The van der Waals surface area contributed by atoms with Gasteiger partial charge in [-0.2, -0.15) is 0 Å². The predicted molar refractivity (Wildman–Crippen MR) is 94.6 cm³/mol. The van der Waals surface area contributed by atoms with Crippen LogP contribution < -0.4 is 10.9 Å². The summed E-state index contributed by atoms with van der Waals surface area (Å²) in [4.78, 5) is 24.9. The molecule has 28 heavy (non-hydrogen) atoms. The maximum atomic E-state index is 12.8. The van der Waals surface area contributed by atoms with Crippen molar-refractivity contribution >= 4 is 11.8 Å². The first-order valence-corrected chi connectivity index (χ1v) is 9.17. The van der Waals surface area contributed by atoms with Crippen LogP contribution in [-0.2, 0) is 28.5 Å². The number of fused-ring (bicyclic) bond motifs is 3. The third-order valence-corrected chi connectivity index (χ3v) is 4.75. The van der Waals surface area contributed by atoms with Crippen molar-refractivity contribution in [1.29, 1.82) is 0 Å². The Hall–Kier alpha value is -2.04. The molecule has 3 heterocycles. The number of nitrogens with one attached hydrogen (secondary N) is 2. The third kappa shape index (κ3) is 3.63. The molecule has 4 rings (SSSR count). The number of carbonyl (C=O) groups is 2. The number of ether oxygens (including phenoxy) is 5. The maximum Gasteiger partial charge on any atom is 0.270 e. The van der Waals surface area contributed by atoms with Gasteiger partial charge in [-0.15, -0.1) is 0 Å². The molecular formula is C19H24N2O7. The van der Waals surface area contributed by atoms with Crippen molar-refractivity contribution in [2.45, 2.75) is 70.0 Å². The predicted octanol–water partition coefficient (Wildman–Crippen LogP) is 0.844. The van der Waals surface area contributed by atoms with E-state index in [1.54, 1.807) is 58.0 Å². The molecule has 5 atom stereocenters. The number of benzene rings is 1. The summed E-state index contributed by atoms with van der Waals surface area (Å²) in [5.74, 6) is -2.78. The van der Waals surface area contributed by atoms with Gasteiger partial charge >= 0.3 is 0 Å². The Kier molecular flexibility index (Phi) is 4.67. The fourth-order valence-corrected chi connectivity index (χ4v) is 3.67. The average Bonchev–Trinajstić information content (AvgIpc) is 3.13. The minimum absolute atomic E-state index is 0.418. The minimum Gasteiger partial charge on any atom is -0.342 e. The molecule has 3 aliphatic rings. The standard InChI is InChI=1S/C19H24N2O7/c1-18(2)25-11-12(26-18)14-17(28-19(3,4)27-14)24-13(11)16(23)21-20-15(22)10-8-6-5-7-9-10/h5-9,11-14,17H,1-4H3,(H,20,22)(H,21,23)/t11-,12+,13+,14-,17+/m1/s1. The van der Waals surface area contributed by atoms with Crippen molar-refractivity contribution in [2.75, 3.05) is 0 Å². The summed E-state index contributed by atoms with van der Waals surface area (Å²) in [6.07, 6.45) is -3.60. The lowest BCUT2D eigenvalue weighted by atomic mass is 9.98. The van der Waals surface area contributed by atoms with Gasteiger partial charge in [0.1, 0.15) is 18.3 Å². The van der Waals surface area contributed by atoms with Crippen LogP contribution in [0.2, 0.25) is 0 Å². The largest absolute Gasteiger partial charge is 0.342 e. The minimum atomic E-state index is -1.04. The van der Waals surface area contributed by atoms with Crippen LogP contribution in [0.5, 0.6) is 0 Å². The fraction of sp³-hybridized carbons (Fsp3) is 0.579. The summed E-state index contributed by atoms with van der Waals surface area (Å²) in [5, 5.41) is 0. The highest BCUT2D eigenvalue weighted by atomic mass is 16.9. The van der Waals surface area contributed by atoms with Crippen LogP contribution in [-0.4, -0.2) is 54.1 Å².